The number of hydrogen-bond acceptors (Lipinski definition) is 5. The maximum Gasteiger partial charge on any atom is 0.326 e. The number of aliphatic carboxylic acids is 1. The number of carbonyl (C=O) groups is 2. The molecule has 3 unspecified atom stereocenters. The second kappa shape index (κ2) is 6.61. The first-order valence-corrected chi connectivity index (χ1v) is 8.70. The molecule has 0 spiro atoms. The molecule has 0 bridgehead atoms. The van der Waals surface area contributed by atoms with E-state index in [0.717, 1.165) is 6.26 Å². The lowest BCUT2D eigenvalue weighted by Crippen LogP contribution is -2.56. The Bertz CT molecular complexity index is 506. The number of urea groups is 1. The minimum Gasteiger partial charge on any atom is -0.480 e. The van der Waals surface area contributed by atoms with E-state index in [2.05, 4.69) is 10.6 Å². The van der Waals surface area contributed by atoms with Crippen LogP contribution in [0, 0.1) is 0 Å². The smallest absolute Gasteiger partial charge is 0.326 e. The number of rotatable bonds is 6. The predicted octanol–water partition coefficient (Wildman–Crippen LogP) is -0.259. The standard InChI is InChI=1S/C12H22N2O6S/c1-8-12(2,5-6-20-8)14-11(17)13-9(10(15)16)4-7-21(3,18)19/h8-9H,4-7H2,1-3H3,(H,15,16)(H2,13,14,17). The van der Waals surface area contributed by atoms with E-state index in [9.17, 15) is 18.0 Å². The van der Waals surface area contributed by atoms with Gasteiger partial charge in [0.2, 0.25) is 0 Å². The number of hydrogen-bond donors (Lipinski definition) is 3. The van der Waals surface area contributed by atoms with Gasteiger partial charge in [-0.15, -0.1) is 0 Å². The summed E-state index contributed by atoms with van der Waals surface area (Å²) < 4.78 is 27.5. The molecule has 8 nitrogen and oxygen atoms in total. The molecule has 0 radical (unpaired) electrons. The summed E-state index contributed by atoms with van der Waals surface area (Å²) in [7, 11) is -3.29. The van der Waals surface area contributed by atoms with E-state index in [-0.39, 0.29) is 18.3 Å². The first-order valence-electron chi connectivity index (χ1n) is 6.64. The fourth-order valence-corrected chi connectivity index (χ4v) is 2.71. The number of amides is 2. The fraction of sp³-hybridized carbons (Fsp3) is 0.833. The molecule has 1 heterocycles. The van der Waals surface area contributed by atoms with Crippen LogP contribution in [-0.4, -0.2) is 61.8 Å². The zero-order valence-corrected chi connectivity index (χ0v) is 13.2. The Morgan fingerprint density at radius 3 is 2.52 bits per heavy atom. The quantitative estimate of drug-likeness (QED) is 0.619. The summed E-state index contributed by atoms with van der Waals surface area (Å²) in [4.78, 5) is 23.0. The largest absolute Gasteiger partial charge is 0.480 e. The van der Waals surface area contributed by atoms with Gasteiger partial charge >= 0.3 is 12.0 Å². The van der Waals surface area contributed by atoms with Crippen LogP contribution in [0.3, 0.4) is 0 Å². The van der Waals surface area contributed by atoms with E-state index in [1.165, 1.54) is 0 Å². The van der Waals surface area contributed by atoms with Crippen LogP contribution in [0.15, 0.2) is 0 Å². The first-order chi connectivity index (χ1) is 9.53. The van der Waals surface area contributed by atoms with E-state index in [4.69, 9.17) is 9.84 Å². The van der Waals surface area contributed by atoms with Crippen molar-refractivity contribution in [3.63, 3.8) is 0 Å². The average Bonchev–Trinajstić information content (AvgIpc) is 2.63. The van der Waals surface area contributed by atoms with Crippen molar-refractivity contribution in [2.24, 2.45) is 0 Å². The van der Waals surface area contributed by atoms with Crippen molar-refractivity contribution in [2.75, 3.05) is 18.6 Å². The van der Waals surface area contributed by atoms with Crippen molar-refractivity contribution in [1.82, 2.24) is 10.6 Å². The van der Waals surface area contributed by atoms with Crippen molar-refractivity contribution in [3.8, 4) is 0 Å². The summed E-state index contributed by atoms with van der Waals surface area (Å²) in [6.45, 7) is 4.16. The van der Waals surface area contributed by atoms with Crippen LogP contribution >= 0.6 is 0 Å². The third-order valence-corrected chi connectivity index (χ3v) is 4.64. The van der Waals surface area contributed by atoms with Gasteiger partial charge in [0.05, 0.1) is 17.4 Å². The van der Waals surface area contributed by atoms with Gasteiger partial charge in [-0.1, -0.05) is 0 Å². The van der Waals surface area contributed by atoms with Crippen molar-refractivity contribution in [3.05, 3.63) is 0 Å². The van der Waals surface area contributed by atoms with Crippen LogP contribution < -0.4 is 10.6 Å². The monoisotopic (exact) mass is 322 g/mol. The lowest BCUT2D eigenvalue weighted by atomic mass is 9.95. The van der Waals surface area contributed by atoms with E-state index >= 15 is 0 Å². The van der Waals surface area contributed by atoms with Crippen LogP contribution in [0.5, 0.6) is 0 Å². The molecule has 21 heavy (non-hydrogen) atoms. The van der Waals surface area contributed by atoms with Gasteiger partial charge in [-0.2, -0.15) is 0 Å². The van der Waals surface area contributed by atoms with Gasteiger partial charge in [0.25, 0.3) is 0 Å². The van der Waals surface area contributed by atoms with Crippen LogP contribution in [0.2, 0.25) is 0 Å². The molecule has 3 atom stereocenters. The van der Waals surface area contributed by atoms with E-state index < -0.39 is 33.4 Å². The molecule has 2 amide bonds. The number of carbonyl (C=O) groups excluding carboxylic acids is 1. The van der Waals surface area contributed by atoms with Gasteiger partial charge in [-0.05, 0) is 26.7 Å². The van der Waals surface area contributed by atoms with Crippen molar-refractivity contribution < 1.29 is 27.9 Å². The van der Waals surface area contributed by atoms with E-state index in [1.54, 1.807) is 0 Å². The molecule has 0 aromatic heterocycles. The summed E-state index contributed by atoms with van der Waals surface area (Å²) in [5, 5.41) is 14.0. The summed E-state index contributed by atoms with van der Waals surface area (Å²) >= 11 is 0. The van der Waals surface area contributed by atoms with Gasteiger partial charge in [-0.3, -0.25) is 0 Å². The highest BCUT2D eigenvalue weighted by molar-refractivity contribution is 7.90. The first kappa shape index (κ1) is 17.7. The van der Waals surface area contributed by atoms with E-state index in [1.807, 2.05) is 13.8 Å². The van der Waals surface area contributed by atoms with Crippen LogP contribution in [0.4, 0.5) is 4.79 Å². The third kappa shape index (κ3) is 5.50. The van der Waals surface area contributed by atoms with Crippen LogP contribution in [0.25, 0.3) is 0 Å². The molecule has 122 valence electrons. The van der Waals surface area contributed by atoms with Crippen molar-refractivity contribution in [2.45, 2.75) is 44.4 Å². The number of sulfone groups is 1. The maximum atomic E-state index is 11.9. The average molecular weight is 322 g/mol. The Labute approximate surface area is 124 Å². The number of ether oxygens (including phenoxy) is 1. The third-order valence-electron chi connectivity index (χ3n) is 3.67. The second-order valence-electron chi connectivity index (χ2n) is 5.59. The predicted molar refractivity (Wildman–Crippen MR) is 75.9 cm³/mol. The number of carboxylic acids is 1. The lowest BCUT2D eigenvalue weighted by molar-refractivity contribution is -0.139. The molecule has 1 aliphatic rings. The molecule has 0 aliphatic carbocycles. The molecule has 1 saturated heterocycles. The molecular formula is C12H22N2O6S. The molecule has 0 aromatic rings. The molecular weight excluding hydrogens is 300 g/mol. The molecule has 9 heteroatoms. The lowest BCUT2D eigenvalue weighted by Gasteiger charge is -2.29. The van der Waals surface area contributed by atoms with Gasteiger partial charge in [-0.25, -0.2) is 18.0 Å². The molecule has 3 N–H and O–H groups in total. The second-order valence-corrected chi connectivity index (χ2v) is 7.85. The topological polar surface area (TPSA) is 122 Å². The van der Waals surface area contributed by atoms with Gasteiger partial charge in [0.15, 0.2) is 0 Å². The Morgan fingerprint density at radius 1 is 1.48 bits per heavy atom. The Kier molecular flexibility index (Phi) is 5.57. The minimum absolute atomic E-state index is 0.176. The summed E-state index contributed by atoms with van der Waals surface area (Å²) in [6, 6.07) is -1.89. The molecule has 0 saturated carbocycles. The van der Waals surface area contributed by atoms with Gasteiger partial charge in [0, 0.05) is 12.9 Å². The molecule has 1 rings (SSSR count). The highest BCUT2D eigenvalue weighted by Crippen LogP contribution is 2.24. The number of carboxylic acid groups (broad SMARTS) is 1. The van der Waals surface area contributed by atoms with Gasteiger partial charge < -0.3 is 20.5 Å². The molecule has 1 aliphatic heterocycles. The maximum absolute atomic E-state index is 11.9. The van der Waals surface area contributed by atoms with Crippen molar-refractivity contribution >= 4 is 21.8 Å². The summed E-state index contributed by atoms with van der Waals surface area (Å²) in [5.41, 5.74) is -0.566. The SMILES string of the molecule is CC1OCCC1(C)NC(=O)NC(CCS(C)(=O)=O)C(=O)O. The Balaban J connectivity index is 2.59. The highest BCUT2D eigenvalue weighted by atomic mass is 32.2. The van der Waals surface area contributed by atoms with Crippen molar-refractivity contribution in [1.29, 1.82) is 0 Å². The highest BCUT2D eigenvalue weighted by Gasteiger charge is 2.38. The number of nitrogens with one attached hydrogen (secondary N) is 2. The Morgan fingerprint density at radius 2 is 2.10 bits per heavy atom. The zero-order valence-electron chi connectivity index (χ0n) is 12.4. The zero-order chi connectivity index (χ0) is 16.3. The Hall–Kier alpha value is -1.35. The summed E-state index contributed by atoms with van der Waals surface area (Å²) in [5.74, 6) is -1.57. The van der Waals surface area contributed by atoms with E-state index in [0.29, 0.717) is 13.0 Å². The molecule has 0 aromatic carbocycles. The summed E-state index contributed by atoms with van der Waals surface area (Å²) in [6.07, 6.45) is 1.29. The van der Waals surface area contributed by atoms with Gasteiger partial charge in [0.1, 0.15) is 15.9 Å². The molecule has 1 fully saturated rings. The fourth-order valence-electron chi connectivity index (χ4n) is 2.04. The van der Waals surface area contributed by atoms with Crippen LogP contribution in [-0.2, 0) is 19.4 Å². The minimum atomic E-state index is -3.29. The van der Waals surface area contributed by atoms with Crippen LogP contribution in [0.1, 0.15) is 26.7 Å². The normalized spacial score (nSPS) is 27.1.